The third-order valence-corrected chi connectivity index (χ3v) is 20.3. The number of nitriles is 1. The molecule has 1 unspecified atom stereocenters. The van der Waals surface area contributed by atoms with Crippen LogP contribution in [-0.2, 0) is 0 Å². The summed E-state index contributed by atoms with van der Waals surface area (Å²) in [5.74, 6) is 1.06. The second kappa shape index (κ2) is 7.55. The number of rotatable bonds is 5. The summed E-state index contributed by atoms with van der Waals surface area (Å²) in [6.45, 7) is 16.9. The maximum atomic E-state index is 8.93. The molecule has 132 valence electrons. The third kappa shape index (κ3) is 4.59. The maximum Gasteiger partial charge on any atom is 0.160 e. The average Bonchev–Trinajstić information content (AvgIpc) is 2.86. The molecule has 0 saturated carbocycles. The molecule has 1 aliphatic rings. The normalized spacial score (nSPS) is 17.6. The Labute approximate surface area is 150 Å². The first-order chi connectivity index (χ1) is 11.1. The van der Waals surface area contributed by atoms with E-state index in [0.717, 1.165) is 24.6 Å². The van der Waals surface area contributed by atoms with Crippen molar-refractivity contribution < 1.29 is 0 Å². The van der Waals surface area contributed by atoms with Crippen LogP contribution in [0.4, 0.5) is 5.82 Å². The van der Waals surface area contributed by atoms with E-state index < -0.39 is 24.0 Å². The zero-order valence-corrected chi connectivity index (χ0v) is 18.9. The lowest BCUT2D eigenvalue weighted by Crippen LogP contribution is -2.43. The van der Waals surface area contributed by atoms with Crippen molar-refractivity contribution in [3.05, 3.63) is 11.8 Å². The number of anilines is 1. The lowest BCUT2D eigenvalue weighted by Gasteiger charge is -2.36. The largest absolute Gasteiger partial charge is 0.355 e. The minimum absolute atomic E-state index is 0.674. The van der Waals surface area contributed by atoms with E-state index in [1.807, 2.05) is 6.08 Å². The quantitative estimate of drug-likeness (QED) is 0.516. The molecule has 0 radical (unpaired) electrons. The number of aromatic nitrogens is 2. The molecule has 4 nitrogen and oxygen atoms in total. The van der Waals surface area contributed by atoms with Gasteiger partial charge in [0.05, 0.1) is 30.1 Å². The summed E-state index contributed by atoms with van der Waals surface area (Å²) in [6, 6.07) is 2.11. The molecule has 0 amide bonds. The van der Waals surface area contributed by atoms with Gasteiger partial charge in [-0.25, -0.2) is 4.75 Å². The van der Waals surface area contributed by atoms with Gasteiger partial charge in [0.25, 0.3) is 0 Å². The molecule has 0 spiro atoms. The molecule has 24 heavy (non-hydrogen) atoms. The Morgan fingerprint density at radius 2 is 1.62 bits per heavy atom. The van der Waals surface area contributed by atoms with Crippen LogP contribution in [0.25, 0.3) is 6.08 Å². The van der Waals surface area contributed by atoms with E-state index >= 15 is 0 Å². The Hall–Kier alpha value is -0.896. The van der Waals surface area contributed by atoms with Crippen LogP contribution >= 0.6 is 7.85 Å². The summed E-state index contributed by atoms with van der Waals surface area (Å²) in [5, 5.41) is 8.93. The van der Waals surface area contributed by atoms with Crippen LogP contribution in [0.3, 0.4) is 0 Å². The Kier molecular flexibility index (Phi) is 6.11. The minimum Gasteiger partial charge on any atom is -0.355 e. The van der Waals surface area contributed by atoms with Crippen molar-refractivity contribution in [1.82, 2.24) is 9.49 Å². The van der Waals surface area contributed by atoms with Gasteiger partial charge in [-0.2, -0.15) is 10.0 Å². The summed E-state index contributed by atoms with van der Waals surface area (Å²) < 4.78 is 10.3. The van der Waals surface area contributed by atoms with Gasteiger partial charge in [-0.05, 0) is 25.3 Å². The fourth-order valence-corrected chi connectivity index (χ4v) is 21.7. The van der Waals surface area contributed by atoms with E-state index in [1.54, 1.807) is 6.08 Å². The Morgan fingerprint density at radius 1 is 1.04 bits per heavy atom. The van der Waals surface area contributed by atoms with Crippen molar-refractivity contribution in [2.75, 3.05) is 18.0 Å². The Bertz CT molecular complexity index is 614. The lowest BCUT2D eigenvalue weighted by atomic mass is 10.1. The smallest absolute Gasteiger partial charge is 0.160 e. The molecule has 1 aromatic heterocycles. The highest BCUT2D eigenvalue weighted by Crippen LogP contribution is 2.49. The van der Waals surface area contributed by atoms with E-state index in [0.29, 0.717) is 4.91 Å². The lowest BCUT2D eigenvalue weighted by molar-refractivity contribution is 0.574. The number of hydrogen-bond acceptors (Lipinski definition) is 4. The number of nitrogens with zero attached hydrogens (tertiary/aromatic N) is 4. The fourth-order valence-electron chi connectivity index (χ4n) is 3.99. The van der Waals surface area contributed by atoms with Gasteiger partial charge in [-0.3, -0.25) is 0 Å². The molecule has 1 aliphatic heterocycles. The maximum absolute atomic E-state index is 8.93. The number of piperidine rings is 1. The monoisotopic (exact) mass is 378 g/mol. The molecule has 0 N–H and O–H groups in total. The third-order valence-electron chi connectivity index (χ3n) is 4.48. The van der Waals surface area contributed by atoms with Crippen molar-refractivity contribution >= 4 is 35.9 Å². The van der Waals surface area contributed by atoms with Gasteiger partial charge in [0, 0.05) is 24.1 Å². The summed E-state index contributed by atoms with van der Waals surface area (Å²) in [4.78, 5) is 3.07. The van der Waals surface area contributed by atoms with Crippen LogP contribution < -0.4 is 4.90 Å². The molecule has 0 bridgehead atoms. The molecule has 0 aliphatic carbocycles. The molecule has 1 saturated heterocycles. The van der Waals surface area contributed by atoms with Gasteiger partial charge in [0.15, 0.2) is 5.82 Å². The van der Waals surface area contributed by atoms with Gasteiger partial charge < -0.3 is 4.90 Å². The Morgan fingerprint density at radius 3 is 2.12 bits per heavy atom. The van der Waals surface area contributed by atoms with Crippen LogP contribution in [-0.4, -0.2) is 38.7 Å². The van der Waals surface area contributed by atoms with Crippen LogP contribution in [0.1, 0.15) is 29.9 Å². The molecule has 1 atom stereocenters. The van der Waals surface area contributed by atoms with Gasteiger partial charge in [-0.1, -0.05) is 39.3 Å². The first-order valence-electron chi connectivity index (χ1n) is 8.92. The zero-order valence-electron chi connectivity index (χ0n) is 16.0. The summed E-state index contributed by atoms with van der Waals surface area (Å²) in [6.07, 6.45) is 7.21. The predicted molar refractivity (Wildman–Crippen MR) is 111 cm³/mol. The molecular formula is C17H31N4PSi2. The number of hydrogen-bond donors (Lipinski definition) is 0. The van der Waals surface area contributed by atoms with Crippen LogP contribution in [0, 0.1) is 11.3 Å². The van der Waals surface area contributed by atoms with E-state index in [-0.39, 0.29) is 0 Å². The summed E-state index contributed by atoms with van der Waals surface area (Å²) >= 11 is 0. The topological polar surface area (TPSA) is 52.8 Å². The minimum atomic E-state index is -1.36. The van der Waals surface area contributed by atoms with Crippen molar-refractivity contribution in [3.8, 4) is 6.07 Å². The van der Waals surface area contributed by atoms with Crippen molar-refractivity contribution in [2.45, 2.75) is 63.5 Å². The second-order valence-corrected chi connectivity index (χ2v) is 22.6. The SMILES string of the molecule is C[Si](C)(C)C(p1nc(/C=C/C#N)c(N2CCCCC2)n1)[Si](C)(C)C. The molecule has 0 aromatic carbocycles. The average molecular weight is 379 g/mol. The molecular weight excluding hydrogens is 347 g/mol. The van der Waals surface area contributed by atoms with Crippen molar-refractivity contribution in [3.63, 3.8) is 0 Å². The van der Waals surface area contributed by atoms with Crippen molar-refractivity contribution in [1.29, 1.82) is 5.26 Å². The van der Waals surface area contributed by atoms with E-state index in [9.17, 15) is 0 Å². The highest BCUT2D eigenvalue weighted by molar-refractivity contribution is 7.51. The standard InChI is InChI=1S/C17H31N4PSi2/c1-23(2,3)17(24(4,5)6)22-19-15(11-10-12-18)16(20-22)21-13-8-7-9-14-21/h10-11,17H,7-9,13-14H2,1-6H3/b11-10+. The van der Waals surface area contributed by atoms with E-state index in [2.05, 4.69) is 50.3 Å². The molecule has 2 heterocycles. The van der Waals surface area contributed by atoms with Gasteiger partial charge in [-0.15, -0.1) is 0 Å². The first-order valence-corrected chi connectivity index (χ1v) is 17.4. The summed E-state index contributed by atoms with van der Waals surface area (Å²) in [7, 11) is -3.42. The molecule has 2 rings (SSSR count). The number of allylic oxidation sites excluding steroid dienone is 1. The predicted octanol–water partition coefficient (Wildman–Crippen LogP) is 5.29. The first kappa shape index (κ1) is 19.4. The molecule has 1 fully saturated rings. The van der Waals surface area contributed by atoms with Crippen LogP contribution in [0.2, 0.25) is 39.3 Å². The van der Waals surface area contributed by atoms with E-state index in [1.165, 1.54) is 19.3 Å². The molecule has 7 heteroatoms. The Balaban J connectivity index is 2.49. The second-order valence-electron chi connectivity index (χ2n) is 8.87. The summed E-state index contributed by atoms with van der Waals surface area (Å²) in [5.41, 5.74) is 0.950. The van der Waals surface area contributed by atoms with E-state index in [4.69, 9.17) is 14.8 Å². The van der Waals surface area contributed by atoms with Crippen LogP contribution in [0.15, 0.2) is 6.08 Å². The van der Waals surface area contributed by atoms with Gasteiger partial charge in [0.1, 0.15) is 5.69 Å². The highest BCUT2D eigenvalue weighted by Gasteiger charge is 2.41. The van der Waals surface area contributed by atoms with Gasteiger partial charge in [0.2, 0.25) is 0 Å². The van der Waals surface area contributed by atoms with Gasteiger partial charge >= 0.3 is 0 Å². The fraction of sp³-hybridized carbons (Fsp3) is 0.706. The van der Waals surface area contributed by atoms with Crippen molar-refractivity contribution in [2.24, 2.45) is 0 Å². The highest BCUT2D eigenvalue weighted by atomic mass is 31.1. The van der Waals surface area contributed by atoms with Crippen LogP contribution in [0.5, 0.6) is 0 Å². The zero-order chi connectivity index (χ0) is 18.0. The molecule has 1 aromatic rings.